The van der Waals surface area contributed by atoms with E-state index in [1.54, 1.807) is 7.11 Å². The van der Waals surface area contributed by atoms with E-state index in [1.165, 1.54) is 5.30 Å². The number of methoxy groups -OCH3 is 1. The Morgan fingerprint density at radius 2 is 1.47 bits per heavy atom. The van der Waals surface area contributed by atoms with Gasteiger partial charge in [0.05, 0.1) is 0 Å². The van der Waals surface area contributed by atoms with Crippen molar-refractivity contribution in [2.45, 2.75) is 51.9 Å². The summed E-state index contributed by atoms with van der Waals surface area (Å²) in [5.74, 6) is 0.959. The molecule has 0 aliphatic heterocycles. The average Bonchev–Trinajstić information content (AvgIpc) is 2.24. The highest BCUT2D eigenvalue weighted by molar-refractivity contribution is 7.68. The van der Waals surface area contributed by atoms with Crippen molar-refractivity contribution in [1.82, 2.24) is 0 Å². The van der Waals surface area contributed by atoms with Gasteiger partial charge in [-0.3, -0.25) is 0 Å². The lowest BCUT2D eigenvalue weighted by Gasteiger charge is -2.42. The number of benzene rings is 1. The van der Waals surface area contributed by atoms with Crippen LogP contribution in [0.1, 0.15) is 41.5 Å². The molecule has 1 aromatic carbocycles. The molecule has 0 unspecified atom stereocenters. The Kier molecular flexibility index (Phi) is 5.41. The molecule has 0 aliphatic carbocycles. The van der Waals surface area contributed by atoms with Crippen LogP contribution in [-0.4, -0.2) is 24.2 Å². The number of para-hydroxylation sites is 1. The molecule has 0 fully saturated rings. The number of rotatable bonds is 4. The average molecular weight is 282 g/mol. The first kappa shape index (κ1) is 16.5. The topological polar surface area (TPSA) is 18.5 Å². The second-order valence-electron chi connectivity index (χ2n) is 6.70. The fourth-order valence-electron chi connectivity index (χ4n) is 2.62. The first-order valence-corrected chi connectivity index (χ1v) is 8.03. The van der Waals surface area contributed by atoms with Gasteiger partial charge in [-0.15, -0.1) is 0 Å². The van der Waals surface area contributed by atoms with Crippen molar-refractivity contribution >= 4 is 13.2 Å². The van der Waals surface area contributed by atoms with E-state index < -0.39 is 0 Å². The van der Waals surface area contributed by atoms with E-state index in [-0.39, 0.29) is 18.2 Å². The van der Waals surface area contributed by atoms with Crippen LogP contribution in [0.5, 0.6) is 5.75 Å². The van der Waals surface area contributed by atoms with Gasteiger partial charge in [0.25, 0.3) is 0 Å². The molecule has 0 atom stereocenters. The van der Waals surface area contributed by atoms with E-state index in [1.807, 2.05) is 12.1 Å². The van der Waals surface area contributed by atoms with E-state index in [0.29, 0.717) is 6.79 Å². The molecule has 0 heterocycles. The Morgan fingerprint density at radius 3 is 1.95 bits per heavy atom. The number of ether oxygens (including phenoxy) is 2. The minimum atomic E-state index is -0.356. The SMILES string of the molecule is COCOc1ccccc1P(C(C)(C)C)C(C)(C)C. The molecule has 0 N–H and O–H groups in total. The summed E-state index contributed by atoms with van der Waals surface area (Å²) < 4.78 is 10.8. The van der Waals surface area contributed by atoms with Gasteiger partial charge in [0.2, 0.25) is 0 Å². The van der Waals surface area contributed by atoms with Gasteiger partial charge in [-0.25, -0.2) is 0 Å². The third-order valence-electron chi connectivity index (χ3n) is 2.78. The van der Waals surface area contributed by atoms with Crippen LogP contribution in [-0.2, 0) is 4.74 Å². The Balaban J connectivity index is 3.23. The van der Waals surface area contributed by atoms with Crippen molar-refractivity contribution in [1.29, 1.82) is 0 Å². The Bertz CT molecular complexity index is 388. The monoisotopic (exact) mass is 282 g/mol. The highest BCUT2D eigenvalue weighted by atomic mass is 31.1. The zero-order chi connectivity index (χ0) is 14.7. The predicted molar refractivity (Wildman–Crippen MR) is 85.0 cm³/mol. The van der Waals surface area contributed by atoms with Crippen molar-refractivity contribution in [2.24, 2.45) is 0 Å². The molecule has 3 heteroatoms. The van der Waals surface area contributed by atoms with E-state index in [4.69, 9.17) is 9.47 Å². The third kappa shape index (κ3) is 4.47. The van der Waals surface area contributed by atoms with Gasteiger partial charge in [0.1, 0.15) is 5.75 Å². The van der Waals surface area contributed by atoms with Crippen molar-refractivity contribution in [3.05, 3.63) is 24.3 Å². The summed E-state index contributed by atoms with van der Waals surface area (Å²) in [5.41, 5.74) is 0. The fourth-order valence-corrected chi connectivity index (χ4v) is 6.67. The van der Waals surface area contributed by atoms with E-state index >= 15 is 0 Å². The summed E-state index contributed by atoms with van der Waals surface area (Å²) in [6.07, 6.45) is 0. The largest absolute Gasteiger partial charge is 0.467 e. The van der Waals surface area contributed by atoms with E-state index in [2.05, 4.69) is 53.7 Å². The maximum atomic E-state index is 5.75. The van der Waals surface area contributed by atoms with E-state index in [0.717, 1.165) is 5.75 Å². The molecule has 0 saturated heterocycles. The van der Waals surface area contributed by atoms with Crippen molar-refractivity contribution in [3.8, 4) is 5.75 Å². The summed E-state index contributed by atoms with van der Waals surface area (Å²) >= 11 is 0. The van der Waals surface area contributed by atoms with Crippen LogP contribution in [0.3, 0.4) is 0 Å². The summed E-state index contributed by atoms with van der Waals surface area (Å²) in [6, 6.07) is 8.36. The Hall–Kier alpha value is -0.590. The van der Waals surface area contributed by atoms with Crippen LogP contribution in [0.2, 0.25) is 0 Å². The highest BCUT2D eigenvalue weighted by Crippen LogP contribution is 2.59. The minimum Gasteiger partial charge on any atom is -0.467 e. The quantitative estimate of drug-likeness (QED) is 0.603. The fraction of sp³-hybridized carbons (Fsp3) is 0.625. The highest BCUT2D eigenvalue weighted by Gasteiger charge is 2.37. The zero-order valence-electron chi connectivity index (χ0n) is 13.3. The zero-order valence-corrected chi connectivity index (χ0v) is 14.2. The van der Waals surface area contributed by atoms with Gasteiger partial charge in [-0.05, 0) is 16.4 Å². The summed E-state index contributed by atoms with van der Waals surface area (Å²) in [7, 11) is 1.30. The van der Waals surface area contributed by atoms with Crippen molar-refractivity contribution in [2.75, 3.05) is 13.9 Å². The molecule has 108 valence electrons. The number of hydrogen-bond donors (Lipinski definition) is 0. The lowest BCUT2D eigenvalue weighted by atomic mass is 10.2. The molecule has 0 radical (unpaired) electrons. The van der Waals surface area contributed by atoms with Gasteiger partial charge >= 0.3 is 0 Å². The first-order valence-electron chi connectivity index (χ1n) is 6.69. The smallest absolute Gasteiger partial charge is 0.188 e. The van der Waals surface area contributed by atoms with Crippen LogP contribution in [0.25, 0.3) is 0 Å². The second kappa shape index (κ2) is 6.24. The molecule has 0 aromatic heterocycles. The van der Waals surface area contributed by atoms with Crippen LogP contribution in [0.4, 0.5) is 0 Å². The third-order valence-corrected chi connectivity index (χ3v) is 6.31. The normalized spacial score (nSPS) is 12.8. The van der Waals surface area contributed by atoms with Crippen LogP contribution in [0, 0.1) is 0 Å². The minimum absolute atomic E-state index is 0.236. The summed E-state index contributed by atoms with van der Waals surface area (Å²) in [6.45, 7) is 14.2. The first-order chi connectivity index (χ1) is 8.68. The van der Waals surface area contributed by atoms with Gasteiger partial charge in [-0.2, -0.15) is 0 Å². The predicted octanol–water partition coefficient (Wildman–Crippen LogP) is 4.37. The maximum Gasteiger partial charge on any atom is 0.188 e. The lowest BCUT2D eigenvalue weighted by Crippen LogP contribution is -2.31. The Labute approximate surface area is 119 Å². The van der Waals surface area contributed by atoms with Crippen molar-refractivity contribution in [3.63, 3.8) is 0 Å². The molecule has 0 bridgehead atoms. The molecule has 0 spiro atoms. The van der Waals surface area contributed by atoms with Crippen molar-refractivity contribution < 1.29 is 9.47 Å². The van der Waals surface area contributed by atoms with Gasteiger partial charge < -0.3 is 9.47 Å². The summed E-state index contributed by atoms with van der Waals surface area (Å²) in [5, 5.41) is 1.80. The van der Waals surface area contributed by atoms with Gasteiger partial charge in [0.15, 0.2) is 6.79 Å². The van der Waals surface area contributed by atoms with Gasteiger partial charge in [-0.1, -0.05) is 67.7 Å². The molecule has 1 rings (SSSR count). The molecule has 2 nitrogen and oxygen atoms in total. The molecule has 0 amide bonds. The van der Waals surface area contributed by atoms with Crippen LogP contribution >= 0.6 is 7.92 Å². The van der Waals surface area contributed by atoms with Gasteiger partial charge in [0, 0.05) is 12.4 Å². The Morgan fingerprint density at radius 1 is 0.947 bits per heavy atom. The standard InChI is InChI=1S/C16H27O2P/c1-15(2,3)19(16(4,5)6)14-11-9-8-10-13(14)18-12-17-7/h8-11H,12H2,1-7H3. The molecular formula is C16H27O2P. The maximum absolute atomic E-state index is 5.75. The molecule has 0 aliphatic rings. The second-order valence-corrected chi connectivity index (χ2v) is 10.5. The molecular weight excluding hydrogens is 255 g/mol. The van der Waals surface area contributed by atoms with Crippen LogP contribution in [0.15, 0.2) is 24.3 Å². The van der Waals surface area contributed by atoms with Crippen LogP contribution < -0.4 is 10.0 Å². The summed E-state index contributed by atoms with van der Waals surface area (Å²) in [4.78, 5) is 0. The lowest BCUT2D eigenvalue weighted by molar-refractivity contribution is 0.0519. The number of hydrogen-bond acceptors (Lipinski definition) is 2. The van der Waals surface area contributed by atoms with E-state index in [9.17, 15) is 0 Å². The molecule has 0 saturated carbocycles. The molecule has 1 aromatic rings. The molecule has 19 heavy (non-hydrogen) atoms.